The van der Waals surface area contributed by atoms with E-state index in [4.69, 9.17) is 18.0 Å². The van der Waals surface area contributed by atoms with Crippen LogP contribution in [0.5, 0.6) is 0 Å². The lowest BCUT2D eigenvalue weighted by atomic mass is 9.95. The van der Waals surface area contributed by atoms with Crippen LogP contribution in [0.25, 0.3) is 0 Å². The molecule has 1 atom stereocenters. The van der Waals surface area contributed by atoms with E-state index in [1.54, 1.807) is 0 Å². The van der Waals surface area contributed by atoms with Gasteiger partial charge in [-0.2, -0.15) is 13.2 Å². The van der Waals surface area contributed by atoms with Crippen molar-refractivity contribution in [2.45, 2.75) is 45.8 Å². The molecule has 0 spiro atoms. The lowest BCUT2D eigenvalue weighted by Crippen LogP contribution is -2.28. The van der Waals surface area contributed by atoms with E-state index in [9.17, 15) is 13.2 Å². The Morgan fingerprint density at radius 3 is 2.33 bits per heavy atom. The van der Waals surface area contributed by atoms with Crippen LogP contribution in [0.1, 0.15) is 44.9 Å². The monoisotopic (exact) mass is 319 g/mol. The second-order valence-electron chi connectivity index (χ2n) is 4.96. The maximum Gasteiger partial charge on any atom is 0.433 e. The Morgan fingerprint density at radius 2 is 1.90 bits per heavy atom. The SMILES string of the molecule is CCC(CC)C(C)Nc1nc(C(F)(F)F)ccc1C(N)=S. The molecule has 0 amide bonds. The van der Waals surface area contributed by atoms with Crippen molar-refractivity contribution in [1.29, 1.82) is 0 Å². The zero-order valence-electron chi connectivity index (χ0n) is 12.3. The molecule has 3 nitrogen and oxygen atoms in total. The molecule has 0 bridgehead atoms. The number of pyridine rings is 1. The summed E-state index contributed by atoms with van der Waals surface area (Å²) < 4.78 is 38.3. The normalized spacial score (nSPS) is 13.3. The first-order valence-corrected chi connectivity index (χ1v) is 7.26. The van der Waals surface area contributed by atoms with Gasteiger partial charge < -0.3 is 11.1 Å². The molecule has 1 aromatic heterocycles. The number of anilines is 1. The summed E-state index contributed by atoms with van der Waals surface area (Å²) >= 11 is 4.88. The van der Waals surface area contributed by atoms with Gasteiger partial charge in [-0.25, -0.2) is 4.98 Å². The van der Waals surface area contributed by atoms with E-state index >= 15 is 0 Å². The molecule has 0 fully saturated rings. The number of aromatic nitrogens is 1. The molecular formula is C14H20F3N3S. The molecule has 7 heteroatoms. The van der Waals surface area contributed by atoms with Crippen molar-refractivity contribution >= 4 is 23.0 Å². The van der Waals surface area contributed by atoms with Gasteiger partial charge in [0.1, 0.15) is 16.5 Å². The maximum absolute atomic E-state index is 12.8. The standard InChI is InChI=1S/C14H20F3N3S/c1-4-9(5-2)8(3)19-13-10(12(18)21)6-7-11(20-13)14(15,16)17/h6-9H,4-5H2,1-3H3,(H2,18,21)(H,19,20). The van der Waals surface area contributed by atoms with Gasteiger partial charge >= 0.3 is 6.18 Å². The van der Waals surface area contributed by atoms with Gasteiger partial charge in [0, 0.05) is 6.04 Å². The van der Waals surface area contributed by atoms with Crippen molar-refractivity contribution in [2.75, 3.05) is 5.32 Å². The second kappa shape index (κ2) is 7.06. The van der Waals surface area contributed by atoms with Crippen LogP contribution < -0.4 is 11.1 Å². The first-order chi connectivity index (χ1) is 9.70. The molecule has 0 aliphatic rings. The lowest BCUT2D eigenvalue weighted by Gasteiger charge is -2.24. The molecule has 118 valence electrons. The van der Waals surface area contributed by atoms with Crippen LogP contribution in [0.15, 0.2) is 12.1 Å². The molecule has 1 unspecified atom stereocenters. The van der Waals surface area contributed by atoms with Gasteiger partial charge in [0.2, 0.25) is 0 Å². The van der Waals surface area contributed by atoms with Gasteiger partial charge in [-0.1, -0.05) is 38.9 Å². The first kappa shape index (κ1) is 17.7. The smallest absolute Gasteiger partial charge is 0.389 e. The molecule has 0 saturated carbocycles. The summed E-state index contributed by atoms with van der Waals surface area (Å²) in [4.78, 5) is 3.68. The number of thiocarbonyl (C=S) groups is 1. The van der Waals surface area contributed by atoms with Crippen molar-refractivity contribution in [3.63, 3.8) is 0 Å². The van der Waals surface area contributed by atoms with Crippen LogP contribution in [0.3, 0.4) is 0 Å². The van der Waals surface area contributed by atoms with Gasteiger partial charge in [-0.15, -0.1) is 0 Å². The maximum atomic E-state index is 12.8. The Labute approximate surface area is 128 Å². The molecule has 0 aromatic carbocycles. The average Bonchev–Trinajstić information content (AvgIpc) is 2.38. The highest BCUT2D eigenvalue weighted by Crippen LogP contribution is 2.30. The summed E-state index contributed by atoms with van der Waals surface area (Å²) in [5, 5.41) is 3.03. The van der Waals surface area contributed by atoms with E-state index in [1.165, 1.54) is 6.07 Å². The van der Waals surface area contributed by atoms with Gasteiger partial charge in [-0.3, -0.25) is 0 Å². The topological polar surface area (TPSA) is 50.9 Å². The number of rotatable bonds is 6. The Kier molecular flexibility index (Phi) is 5.95. The average molecular weight is 319 g/mol. The summed E-state index contributed by atoms with van der Waals surface area (Å²) in [5.41, 5.74) is 4.93. The van der Waals surface area contributed by atoms with Crippen molar-refractivity contribution in [3.8, 4) is 0 Å². The molecule has 3 N–H and O–H groups in total. The van der Waals surface area contributed by atoms with Crippen molar-refractivity contribution in [2.24, 2.45) is 11.7 Å². The fourth-order valence-electron chi connectivity index (χ4n) is 2.26. The van der Waals surface area contributed by atoms with Gasteiger partial charge in [-0.05, 0) is 25.0 Å². The lowest BCUT2D eigenvalue weighted by molar-refractivity contribution is -0.141. The summed E-state index contributed by atoms with van der Waals surface area (Å²) in [6.07, 6.45) is -2.65. The van der Waals surface area contributed by atoms with E-state index in [2.05, 4.69) is 10.3 Å². The van der Waals surface area contributed by atoms with Gasteiger partial charge in [0.25, 0.3) is 0 Å². The number of alkyl halides is 3. The van der Waals surface area contributed by atoms with E-state index in [0.29, 0.717) is 11.5 Å². The molecule has 21 heavy (non-hydrogen) atoms. The Morgan fingerprint density at radius 1 is 1.33 bits per heavy atom. The highest BCUT2D eigenvalue weighted by molar-refractivity contribution is 7.80. The summed E-state index contributed by atoms with van der Waals surface area (Å²) in [7, 11) is 0. The van der Waals surface area contributed by atoms with E-state index < -0.39 is 11.9 Å². The van der Waals surface area contributed by atoms with Crippen LogP contribution in [0.2, 0.25) is 0 Å². The molecule has 1 rings (SSSR count). The van der Waals surface area contributed by atoms with Crippen molar-refractivity contribution in [3.05, 3.63) is 23.4 Å². The van der Waals surface area contributed by atoms with Crippen molar-refractivity contribution in [1.82, 2.24) is 4.98 Å². The molecule has 1 aromatic rings. The van der Waals surface area contributed by atoms with Gasteiger partial charge in [0.05, 0.1) is 5.56 Å². The molecule has 1 heterocycles. The largest absolute Gasteiger partial charge is 0.433 e. The first-order valence-electron chi connectivity index (χ1n) is 6.85. The second-order valence-corrected chi connectivity index (χ2v) is 5.40. The molecule has 0 saturated heterocycles. The minimum Gasteiger partial charge on any atom is -0.389 e. The molecular weight excluding hydrogens is 299 g/mol. The quantitative estimate of drug-likeness (QED) is 0.779. The number of hydrogen-bond acceptors (Lipinski definition) is 3. The Hall–Kier alpha value is -1.37. The van der Waals surface area contributed by atoms with E-state index in [1.807, 2.05) is 20.8 Å². The predicted octanol–water partition coefficient (Wildman–Crippen LogP) is 3.97. The Balaban J connectivity index is 3.15. The number of nitrogens with two attached hydrogens (primary N) is 1. The third-order valence-corrected chi connectivity index (χ3v) is 3.79. The highest BCUT2D eigenvalue weighted by Gasteiger charge is 2.33. The van der Waals surface area contributed by atoms with E-state index in [0.717, 1.165) is 18.9 Å². The van der Waals surface area contributed by atoms with Crippen LogP contribution in [0.4, 0.5) is 19.0 Å². The predicted molar refractivity (Wildman–Crippen MR) is 82.3 cm³/mol. The van der Waals surface area contributed by atoms with Crippen LogP contribution in [-0.4, -0.2) is 16.0 Å². The summed E-state index contributed by atoms with van der Waals surface area (Å²) in [6.45, 7) is 6.00. The minimum atomic E-state index is -4.50. The zero-order chi connectivity index (χ0) is 16.2. The summed E-state index contributed by atoms with van der Waals surface area (Å²) in [5.74, 6) is 0.428. The van der Waals surface area contributed by atoms with Crippen LogP contribution in [0, 0.1) is 5.92 Å². The van der Waals surface area contributed by atoms with Crippen LogP contribution in [-0.2, 0) is 6.18 Å². The van der Waals surface area contributed by atoms with Gasteiger partial charge in [0.15, 0.2) is 0 Å². The zero-order valence-corrected chi connectivity index (χ0v) is 13.1. The number of nitrogens with one attached hydrogen (secondary N) is 1. The number of nitrogens with zero attached hydrogens (tertiary/aromatic N) is 1. The van der Waals surface area contributed by atoms with Crippen LogP contribution >= 0.6 is 12.2 Å². The summed E-state index contributed by atoms with van der Waals surface area (Å²) in [6, 6.07) is 2.13. The minimum absolute atomic E-state index is 0.0236. The fourth-order valence-corrected chi connectivity index (χ4v) is 2.42. The molecule has 0 radical (unpaired) electrons. The highest BCUT2D eigenvalue weighted by atomic mass is 32.1. The fraction of sp³-hybridized carbons (Fsp3) is 0.571. The number of halogens is 3. The molecule has 0 aliphatic heterocycles. The third kappa shape index (κ3) is 4.56. The number of hydrogen-bond donors (Lipinski definition) is 2. The Bertz CT molecular complexity index is 499. The molecule has 0 aliphatic carbocycles. The van der Waals surface area contributed by atoms with E-state index in [-0.39, 0.29) is 16.8 Å². The van der Waals surface area contributed by atoms with Crippen molar-refractivity contribution < 1.29 is 13.2 Å². The third-order valence-electron chi connectivity index (χ3n) is 3.57.